The number of likely N-dealkylation sites (N-methyl/N-ethyl adjacent to an activating group) is 1. The highest BCUT2D eigenvalue weighted by molar-refractivity contribution is 6.06. The largest absolute Gasteiger partial charge is 0.492 e. The number of rotatable bonds is 14. The van der Waals surface area contributed by atoms with Gasteiger partial charge in [-0.2, -0.15) is 0 Å². The molecule has 2 aliphatic heterocycles. The van der Waals surface area contributed by atoms with Crippen LogP contribution in [0.2, 0.25) is 0 Å². The van der Waals surface area contributed by atoms with Crippen molar-refractivity contribution in [2.75, 3.05) is 39.9 Å². The number of nitrogens with two attached hydrogens (primary N) is 3. The number of ketones is 2. The van der Waals surface area contributed by atoms with Crippen LogP contribution in [0.4, 0.5) is 0 Å². The molecule has 0 saturated heterocycles. The minimum Gasteiger partial charge on any atom is -0.492 e. The number of nitrogens with zero attached hydrogens (tertiary/aromatic N) is 2. The molecule has 298 valence electrons. The van der Waals surface area contributed by atoms with Crippen molar-refractivity contribution in [3.05, 3.63) is 82.4 Å². The van der Waals surface area contributed by atoms with Crippen molar-refractivity contribution in [1.82, 2.24) is 10.2 Å². The predicted molar refractivity (Wildman–Crippen MR) is 211 cm³/mol. The van der Waals surface area contributed by atoms with Crippen LogP contribution in [0.1, 0.15) is 71.3 Å². The minimum atomic E-state index is -1.17. The van der Waals surface area contributed by atoms with E-state index in [-0.39, 0.29) is 70.7 Å². The second-order valence-electron chi connectivity index (χ2n) is 14.5. The average Bonchev–Trinajstić information content (AvgIpc) is 3.61. The van der Waals surface area contributed by atoms with E-state index in [1.54, 1.807) is 37.3 Å². The topological polar surface area (TPSA) is 219 Å². The molecule has 2 heterocycles. The van der Waals surface area contributed by atoms with Gasteiger partial charge in [0.25, 0.3) is 0 Å². The molecule has 14 nitrogen and oxygen atoms in total. The number of benzene rings is 3. The molecular formula is C42H52N6O8. The van der Waals surface area contributed by atoms with Crippen molar-refractivity contribution in [1.29, 1.82) is 0 Å². The van der Waals surface area contributed by atoms with Gasteiger partial charge in [-0.1, -0.05) is 48.0 Å². The maximum Gasteiger partial charge on any atom is 0.340 e. The summed E-state index contributed by atoms with van der Waals surface area (Å²) in [4.78, 5) is 74.8. The second-order valence-corrected chi connectivity index (χ2v) is 14.5. The molecule has 0 fully saturated rings. The van der Waals surface area contributed by atoms with Crippen LogP contribution in [0.3, 0.4) is 0 Å². The molecule has 0 unspecified atom stereocenters. The molecule has 0 aliphatic carbocycles. The Morgan fingerprint density at radius 2 is 1.59 bits per heavy atom. The fourth-order valence-corrected chi connectivity index (χ4v) is 7.26. The Hall–Kier alpha value is -5.44. The van der Waals surface area contributed by atoms with Crippen molar-refractivity contribution in [2.45, 2.75) is 65.0 Å². The van der Waals surface area contributed by atoms with Crippen LogP contribution in [0.5, 0.6) is 11.5 Å². The quantitative estimate of drug-likeness (QED) is 0.138. The Balaban J connectivity index is 1.63. The van der Waals surface area contributed by atoms with Crippen LogP contribution in [0, 0.1) is 25.7 Å². The summed E-state index contributed by atoms with van der Waals surface area (Å²) in [5.41, 5.74) is 22.7. The van der Waals surface area contributed by atoms with Crippen LogP contribution in [0.15, 0.2) is 59.8 Å². The Morgan fingerprint density at radius 3 is 2.21 bits per heavy atom. The molecule has 4 atom stereocenters. The Kier molecular flexibility index (Phi) is 14.1. The third-order valence-corrected chi connectivity index (χ3v) is 10.1. The molecule has 0 radical (unpaired) electrons. The Labute approximate surface area is 327 Å². The van der Waals surface area contributed by atoms with Crippen molar-refractivity contribution in [3.8, 4) is 22.6 Å². The van der Waals surface area contributed by atoms with Gasteiger partial charge >= 0.3 is 5.97 Å². The van der Waals surface area contributed by atoms with Crippen molar-refractivity contribution in [3.63, 3.8) is 0 Å². The summed E-state index contributed by atoms with van der Waals surface area (Å²) < 4.78 is 12.2. The van der Waals surface area contributed by atoms with Gasteiger partial charge in [0.05, 0.1) is 18.2 Å². The van der Waals surface area contributed by atoms with E-state index in [4.69, 9.17) is 31.5 Å². The number of nitrogens with one attached hydrogen (secondary N) is 1. The molecule has 14 heteroatoms. The third kappa shape index (κ3) is 9.86. The lowest BCUT2D eigenvalue weighted by Crippen LogP contribution is -2.45. The van der Waals surface area contributed by atoms with Crippen LogP contribution in [-0.4, -0.2) is 85.9 Å². The van der Waals surface area contributed by atoms with Crippen LogP contribution >= 0.6 is 0 Å². The molecule has 5 rings (SSSR count). The number of fused-ring (bicyclic) bond motifs is 5. The van der Waals surface area contributed by atoms with Gasteiger partial charge in [-0.05, 0) is 74.2 Å². The highest BCUT2D eigenvalue weighted by Crippen LogP contribution is 2.41. The number of amides is 2. The van der Waals surface area contributed by atoms with E-state index < -0.39 is 47.5 Å². The molecule has 56 heavy (non-hydrogen) atoms. The summed E-state index contributed by atoms with van der Waals surface area (Å²) >= 11 is 0. The van der Waals surface area contributed by atoms with Crippen molar-refractivity contribution in [2.24, 2.45) is 34.2 Å². The molecule has 3 aromatic carbocycles. The second kappa shape index (κ2) is 18.9. The van der Waals surface area contributed by atoms with E-state index in [0.29, 0.717) is 39.5 Å². The number of hydrogen-bond acceptors (Lipinski definition) is 12. The van der Waals surface area contributed by atoms with Gasteiger partial charge in [0.1, 0.15) is 30.8 Å². The van der Waals surface area contributed by atoms with Crippen LogP contribution in [-0.2, 0) is 30.4 Å². The number of ether oxygens (including phenoxy) is 2. The number of hydrogen-bond donors (Lipinski definition) is 4. The van der Waals surface area contributed by atoms with E-state index in [2.05, 4.69) is 10.5 Å². The Morgan fingerprint density at radius 1 is 0.911 bits per heavy atom. The highest BCUT2D eigenvalue weighted by Gasteiger charge is 2.36. The normalized spacial score (nSPS) is 18.9. The lowest BCUT2D eigenvalue weighted by Gasteiger charge is -2.32. The SMILES string of the molecule is Cc1ccc(C(=O)C[C@@H](CCN)C(=O)N(C)[C@@H]2C(=O)C[C@@H](C)C(=O)N[C@H](C3=NOC(=O)C3)Cc3ccc(OCCN)c(c3)-c3cc2ccc3OCCN)c(C)c1. The van der Waals surface area contributed by atoms with Crippen molar-refractivity contribution >= 4 is 35.1 Å². The van der Waals surface area contributed by atoms with Gasteiger partial charge in [0.15, 0.2) is 11.6 Å². The first-order chi connectivity index (χ1) is 26.8. The number of carbonyl (C=O) groups is 5. The zero-order valence-corrected chi connectivity index (χ0v) is 32.5. The first-order valence-corrected chi connectivity index (χ1v) is 18.9. The number of aryl methyl sites for hydroxylation is 2. The van der Waals surface area contributed by atoms with Gasteiger partial charge < -0.3 is 41.7 Å². The summed E-state index contributed by atoms with van der Waals surface area (Å²) in [7, 11) is 1.53. The standard InChI is InChI=1S/C42H52N6O8/c1-24-5-8-30(25(2)17-24)35(49)22-29(11-12-43)42(53)48(4)40-28-7-10-38(55-16-14-45)32(21-28)31-19-27(6-9-37(31)54-15-13-44)20-33(34-23-39(51)56-47-34)46-41(52)26(3)18-36(40)50/h5-10,17,19,21,26,29,33,40H,11-16,18,20,22-23,43-45H2,1-4H3,(H,46,52)/t26-,29-,33+,40+/m1/s1. The molecule has 2 amide bonds. The van der Waals surface area contributed by atoms with E-state index in [0.717, 1.165) is 16.7 Å². The zero-order valence-electron chi connectivity index (χ0n) is 32.5. The highest BCUT2D eigenvalue weighted by atomic mass is 16.7. The van der Waals surface area contributed by atoms with Gasteiger partial charge in [-0.25, -0.2) is 4.79 Å². The summed E-state index contributed by atoms with van der Waals surface area (Å²) in [5, 5.41) is 6.94. The molecule has 0 spiro atoms. The maximum atomic E-state index is 14.6. The van der Waals surface area contributed by atoms with E-state index in [1.165, 1.54) is 11.9 Å². The van der Waals surface area contributed by atoms with E-state index >= 15 is 0 Å². The summed E-state index contributed by atoms with van der Waals surface area (Å²) in [6.07, 6.45) is 0.0134. The fourth-order valence-electron chi connectivity index (χ4n) is 7.26. The molecule has 0 aromatic heterocycles. The zero-order chi connectivity index (χ0) is 40.5. The number of carbonyl (C=O) groups excluding carboxylic acids is 5. The smallest absolute Gasteiger partial charge is 0.340 e. The number of oxime groups is 1. The van der Waals surface area contributed by atoms with E-state index in [9.17, 15) is 24.0 Å². The maximum absolute atomic E-state index is 14.6. The lowest BCUT2D eigenvalue weighted by molar-refractivity contribution is -0.142. The lowest BCUT2D eigenvalue weighted by atomic mass is 9.88. The molecule has 2 aliphatic rings. The van der Waals surface area contributed by atoms with Gasteiger partial charge in [-0.15, -0.1) is 0 Å². The van der Waals surface area contributed by atoms with Gasteiger partial charge in [-0.3, -0.25) is 19.2 Å². The minimum absolute atomic E-state index is 0.104. The monoisotopic (exact) mass is 768 g/mol. The number of Topliss-reactive ketones (excluding diaryl/α,β-unsaturated/α-hetero) is 2. The molecule has 0 saturated carbocycles. The Bertz CT molecular complexity index is 2000. The summed E-state index contributed by atoms with van der Waals surface area (Å²) in [6.45, 7) is 6.46. The van der Waals surface area contributed by atoms with Crippen LogP contribution in [0.25, 0.3) is 11.1 Å². The van der Waals surface area contributed by atoms with Gasteiger partial charge in [0, 0.05) is 61.5 Å². The first-order valence-electron chi connectivity index (χ1n) is 18.9. The first kappa shape index (κ1) is 41.7. The third-order valence-electron chi connectivity index (χ3n) is 10.1. The predicted octanol–water partition coefficient (Wildman–Crippen LogP) is 3.32. The molecule has 4 bridgehead atoms. The summed E-state index contributed by atoms with van der Waals surface area (Å²) in [6, 6.07) is 14.4. The summed E-state index contributed by atoms with van der Waals surface area (Å²) in [5.74, 6) is -2.75. The molecule has 7 N–H and O–H groups in total. The molecule has 3 aromatic rings. The van der Waals surface area contributed by atoms with E-state index in [1.807, 2.05) is 38.1 Å². The average molecular weight is 769 g/mol. The molecular weight excluding hydrogens is 716 g/mol. The van der Waals surface area contributed by atoms with Crippen molar-refractivity contribution < 1.29 is 38.3 Å². The fraction of sp³-hybridized carbons (Fsp3) is 0.429. The van der Waals surface area contributed by atoms with Gasteiger partial charge in [0.2, 0.25) is 11.8 Å². The van der Waals surface area contributed by atoms with Crippen LogP contribution < -0.4 is 32.0 Å².